The summed E-state index contributed by atoms with van der Waals surface area (Å²) in [5.41, 5.74) is 0. The van der Waals surface area contributed by atoms with Crippen LogP contribution in [0.4, 0.5) is 0 Å². The van der Waals surface area contributed by atoms with Crippen LogP contribution in [0, 0.1) is 11.3 Å². The molecule has 1 rings (SSSR count). The molecule has 0 radical (unpaired) electrons. The van der Waals surface area contributed by atoms with Crippen LogP contribution in [0.15, 0.2) is 0 Å². The van der Waals surface area contributed by atoms with Gasteiger partial charge >= 0.3 is 0 Å². The van der Waals surface area contributed by atoms with Gasteiger partial charge in [-0.1, -0.05) is 0 Å². The summed E-state index contributed by atoms with van der Waals surface area (Å²) in [5, 5.41) is 14.4. The number of piperidine rings is 1. The zero-order valence-corrected chi connectivity index (χ0v) is 10.2. The smallest absolute Gasteiger partial charge is 0.246 e. The van der Waals surface area contributed by atoms with E-state index in [-0.39, 0.29) is 18.6 Å². The predicted octanol–water partition coefficient (Wildman–Crippen LogP) is 0.565. The molecule has 0 saturated carbocycles. The summed E-state index contributed by atoms with van der Waals surface area (Å²) >= 11 is 0. The third kappa shape index (κ3) is 6.93. The Hall–Kier alpha value is -1.12. The highest BCUT2D eigenvalue weighted by Crippen LogP contribution is 2.06. The fourth-order valence-electron chi connectivity index (χ4n) is 1.76. The molecule has 0 aromatic rings. The minimum atomic E-state index is -0.0551. The first kappa shape index (κ1) is 13.9. The standard InChI is InChI=1S/C12H21N3O2/c13-6-2-1-3-7-15-12(16)10-17-11-4-8-14-9-5-11/h11,14H,1-5,7-10H2,(H,15,16). The van der Waals surface area contributed by atoms with Gasteiger partial charge in [-0.25, -0.2) is 0 Å². The van der Waals surface area contributed by atoms with Gasteiger partial charge in [0.1, 0.15) is 6.61 Å². The number of nitriles is 1. The number of amides is 1. The van der Waals surface area contributed by atoms with Crippen molar-refractivity contribution in [3.05, 3.63) is 0 Å². The highest BCUT2D eigenvalue weighted by molar-refractivity contribution is 5.77. The van der Waals surface area contributed by atoms with Crippen LogP contribution >= 0.6 is 0 Å². The molecule has 0 bridgehead atoms. The number of hydrogen-bond donors (Lipinski definition) is 2. The Labute approximate surface area is 103 Å². The normalized spacial score (nSPS) is 16.4. The van der Waals surface area contributed by atoms with Crippen molar-refractivity contribution in [3.8, 4) is 6.07 Å². The Morgan fingerprint density at radius 3 is 2.88 bits per heavy atom. The van der Waals surface area contributed by atoms with Crippen molar-refractivity contribution in [2.75, 3.05) is 26.2 Å². The summed E-state index contributed by atoms with van der Waals surface area (Å²) in [6, 6.07) is 2.08. The molecule has 0 atom stereocenters. The molecule has 96 valence electrons. The van der Waals surface area contributed by atoms with E-state index >= 15 is 0 Å². The summed E-state index contributed by atoms with van der Waals surface area (Å²) in [5.74, 6) is -0.0551. The second-order valence-electron chi connectivity index (χ2n) is 4.23. The van der Waals surface area contributed by atoms with Gasteiger partial charge in [0.15, 0.2) is 0 Å². The number of rotatable bonds is 7. The first-order valence-corrected chi connectivity index (χ1v) is 6.29. The Morgan fingerprint density at radius 2 is 2.18 bits per heavy atom. The van der Waals surface area contributed by atoms with E-state index in [1.165, 1.54) is 0 Å². The number of hydrogen-bond acceptors (Lipinski definition) is 4. The lowest BCUT2D eigenvalue weighted by Crippen LogP contribution is -2.36. The molecule has 2 N–H and O–H groups in total. The molecule has 1 aliphatic heterocycles. The van der Waals surface area contributed by atoms with Crippen LogP contribution in [-0.4, -0.2) is 38.3 Å². The Bertz CT molecular complexity index is 257. The maximum absolute atomic E-state index is 11.4. The summed E-state index contributed by atoms with van der Waals surface area (Å²) < 4.78 is 5.52. The highest BCUT2D eigenvalue weighted by Gasteiger charge is 2.14. The average Bonchev–Trinajstić information content (AvgIpc) is 2.37. The molecule has 1 fully saturated rings. The predicted molar refractivity (Wildman–Crippen MR) is 64.3 cm³/mol. The van der Waals surface area contributed by atoms with Gasteiger partial charge in [0.25, 0.3) is 0 Å². The number of unbranched alkanes of at least 4 members (excludes halogenated alkanes) is 2. The van der Waals surface area contributed by atoms with Crippen LogP contribution < -0.4 is 10.6 Å². The highest BCUT2D eigenvalue weighted by atomic mass is 16.5. The number of ether oxygens (including phenoxy) is 1. The van der Waals surface area contributed by atoms with Crippen molar-refractivity contribution in [2.45, 2.75) is 38.2 Å². The molecule has 0 aromatic carbocycles. The van der Waals surface area contributed by atoms with Crippen molar-refractivity contribution in [2.24, 2.45) is 0 Å². The molecule has 17 heavy (non-hydrogen) atoms. The zero-order chi connectivity index (χ0) is 12.3. The number of carbonyl (C=O) groups excluding carboxylic acids is 1. The summed E-state index contributed by atoms with van der Waals surface area (Å²) in [6.07, 6.45) is 4.44. The molecule has 1 amide bonds. The van der Waals surface area contributed by atoms with Crippen molar-refractivity contribution >= 4 is 5.91 Å². The molecule has 0 spiro atoms. The van der Waals surface area contributed by atoms with Gasteiger partial charge in [-0.3, -0.25) is 4.79 Å². The second kappa shape index (κ2) is 8.97. The maximum atomic E-state index is 11.4. The Kier molecular flexibility index (Phi) is 7.35. The van der Waals surface area contributed by atoms with E-state index in [0.717, 1.165) is 38.8 Å². The second-order valence-corrected chi connectivity index (χ2v) is 4.23. The van der Waals surface area contributed by atoms with Crippen LogP contribution in [0.25, 0.3) is 0 Å². The molecular formula is C12H21N3O2. The van der Waals surface area contributed by atoms with Gasteiger partial charge in [0.05, 0.1) is 12.2 Å². The minimum Gasteiger partial charge on any atom is -0.368 e. The van der Waals surface area contributed by atoms with Crippen molar-refractivity contribution in [3.63, 3.8) is 0 Å². The molecule has 5 heteroatoms. The summed E-state index contributed by atoms with van der Waals surface area (Å²) in [7, 11) is 0. The lowest BCUT2D eigenvalue weighted by molar-refractivity contribution is -0.128. The molecule has 1 saturated heterocycles. The van der Waals surface area contributed by atoms with Crippen molar-refractivity contribution in [1.29, 1.82) is 5.26 Å². The summed E-state index contributed by atoms with van der Waals surface area (Å²) in [4.78, 5) is 11.4. The SMILES string of the molecule is N#CCCCCNC(=O)COC1CCNCC1. The summed E-state index contributed by atoms with van der Waals surface area (Å²) in [6.45, 7) is 2.74. The number of nitrogens with zero attached hydrogens (tertiary/aromatic N) is 1. The molecule has 5 nitrogen and oxygen atoms in total. The van der Waals surface area contributed by atoms with Crippen molar-refractivity contribution < 1.29 is 9.53 Å². The zero-order valence-electron chi connectivity index (χ0n) is 10.2. The molecule has 0 unspecified atom stereocenters. The molecule has 0 aliphatic carbocycles. The number of nitrogens with one attached hydrogen (secondary N) is 2. The van der Waals surface area contributed by atoms with E-state index in [9.17, 15) is 4.79 Å². The lowest BCUT2D eigenvalue weighted by atomic mass is 10.1. The Morgan fingerprint density at radius 1 is 1.41 bits per heavy atom. The van der Waals surface area contributed by atoms with Crippen LogP contribution in [0.5, 0.6) is 0 Å². The van der Waals surface area contributed by atoms with E-state index in [0.29, 0.717) is 13.0 Å². The number of carbonyl (C=O) groups is 1. The third-order valence-corrected chi connectivity index (χ3v) is 2.77. The molecular weight excluding hydrogens is 218 g/mol. The van der Waals surface area contributed by atoms with Gasteiger partial charge in [0.2, 0.25) is 5.91 Å². The topological polar surface area (TPSA) is 74.2 Å². The van der Waals surface area contributed by atoms with Crippen LogP contribution in [0.3, 0.4) is 0 Å². The van der Waals surface area contributed by atoms with E-state index in [1.807, 2.05) is 0 Å². The minimum absolute atomic E-state index is 0.0551. The fourth-order valence-corrected chi connectivity index (χ4v) is 1.76. The quantitative estimate of drug-likeness (QED) is 0.637. The first-order chi connectivity index (χ1) is 8.33. The van der Waals surface area contributed by atoms with Crippen LogP contribution in [-0.2, 0) is 9.53 Å². The monoisotopic (exact) mass is 239 g/mol. The van der Waals surface area contributed by atoms with Crippen LogP contribution in [0.2, 0.25) is 0 Å². The maximum Gasteiger partial charge on any atom is 0.246 e. The molecule has 1 heterocycles. The molecule has 0 aromatic heterocycles. The lowest BCUT2D eigenvalue weighted by Gasteiger charge is -2.22. The van der Waals surface area contributed by atoms with Gasteiger partial charge in [-0.15, -0.1) is 0 Å². The largest absolute Gasteiger partial charge is 0.368 e. The van der Waals surface area contributed by atoms with E-state index in [1.54, 1.807) is 0 Å². The molecule has 1 aliphatic rings. The third-order valence-electron chi connectivity index (χ3n) is 2.77. The fraction of sp³-hybridized carbons (Fsp3) is 0.833. The van der Waals surface area contributed by atoms with Gasteiger partial charge in [-0.05, 0) is 38.8 Å². The average molecular weight is 239 g/mol. The van der Waals surface area contributed by atoms with Crippen molar-refractivity contribution in [1.82, 2.24) is 10.6 Å². The van der Waals surface area contributed by atoms with E-state index < -0.39 is 0 Å². The van der Waals surface area contributed by atoms with Gasteiger partial charge < -0.3 is 15.4 Å². The first-order valence-electron chi connectivity index (χ1n) is 6.29. The van der Waals surface area contributed by atoms with E-state index in [2.05, 4.69) is 16.7 Å². The Balaban J connectivity index is 1.95. The van der Waals surface area contributed by atoms with Gasteiger partial charge in [-0.2, -0.15) is 5.26 Å². The van der Waals surface area contributed by atoms with E-state index in [4.69, 9.17) is 10.00 Å². The van der Waals surface area contributed by atoms with Gasteiger partial charge in [0, 0.05) is 13.0 Å². The van der Waals surface area contributed by atoms with Crippen LogP contribution in [0.1, 0.15) is 32.1 Å².